The van der Waals surface area contributed by atoms with Crippen molar-refractivity contribution in [1.82, 2.24) is 10.2 Å². The summed E-state index contributed by atoms with van der Waals surface area (Å²) in [7, 11) is 3.24. The Morgan fingerprint density at radius 2 is 2.11 bits per heavy atom. The number of likely N-dealkylation sites (N-methyl/N-ethyl adjacent to an activating group) is 1. The Labute approximate surface area is 125 Å². The van der Waals surface area contributed by atoms with E-state index in [9.17, 15) is 9.59 Å². The molecule has 0 aromatic heterocycles. The van der Waals surface area contributed by atoms with E-state index in [1.807, 2.05) is 0 Å². The van der Waals surface area contributed by atoms with Gasteiger partial charge in [0.25, 0.3) is 5.91 Å². The number of rotatable bonds is 5. The molecule has 7 heteroatoms. The van der Waals surface area contributed by atoms with E-state index < -0.39 is 0 Å². The van der Waals surface area contributed by atoms with Crippen LogP contribution in [0.3, 0.4) is 0 Å². The second kappa shape index (κ2) is 7.35. The third-order valence-electron chi connectivity index (χ3n) is 2.19. The largest absolute Gasteiger partial charge is 0.483 e. The molecule has 0 atom stereocenters. The lowest BCUT2D eigenvalue weighted by atomic mass is 10.3. The van der Waals surface area contributed by atoms with Crippen molar-refractivity contribution in [2.45, 2.75) is 0 Å². The molecule has 0 fully saturated rings. The number of nitrogens with zero attached hydrogens (tertiary/aromatic N) is 1. The molecule has 0 aliphatic carbocycles. The van der Waals surface area contributed by atoms with E-state index >= 15 is 0 Å². The number of carbonyl (C=O) groups is 2. The minimum Gasteiger partial charge on any atom is -0.483 e. The van der Waals surface area contributed by atoms with Crippen molar-refractivity contribution in [1.29, 1.82) is 0 Å². The van der Waals surface area contributed by atoms with Crippen LogP contribution in [0, 0.1) is 0 Å². The van der Waals surface area contributed by atoms with Crippen LogP contribution in [-0.2, 0) is 9.59 Å². The van der Waals surface area contributed by atoms with Crippen LogP contribution in [0.1, 0.15) is 0 Å². The first-order valence-corrected chi connectivity index (χ1v) is 6.62. The maximum Gasteiger partial charge on any atom is 0.258 e. The van der Waals surface area contributed by atoms with Gasteiger partial charge in [-0.3, -0.25) is 9.59 Å². The summed E-state index contributed by atoms with van der Waals surface area (Å²) in [5, 5.41) is 3.04. The highest BCUT2D eigenvalue weighted by Crippen LogP contribution is 2.27. The molecule has 0 saturated heterocycles. The summed E-state index contributed by atoms with van der Waals surface area (Å²) in [6.07, 6.45) is 0. The number of carbonyl (C=O) groups excluding carboxylic acids is 2. The monoisotopic (exact) mass is 348 g/mol. The van der Waals surface area contributed by atoms with Crippen molar-refractivity contribution in [2.24, 2.45) is 0 Å². The van der Waals surface area contributed by atoms with Crippen molar-refractivity contribution in [3.63, 3.8) is 0 Å². The molecular weight excluding hydrogens is 335 g/mol. The van der Waals surface area contributed by atoms with Gasteiger partial charge in [-0.25, -0.2) is 0 Å². The molecule has 0 saturated carbocycles. The summed E-state index contributed by atoms with van der Waals surface area (Å²) >= 11 is 9.06. The molecular formula is C12H14BrClN2O3. The van der Waals surface area contributed by atoms with Gasteiger partial charge >= 0.3 is 0 Å². The van der Waals surface area contributed by atoms with Crippen LogP contribution in [0.15, 0.2) is 22.7 Å². The zero-order valence-corrected chi connectivity index (χ0v) is 12.9. The van der Waals surface area contributed by atoms with Crippen molar-refractivity contribution in [2.75, 3.05) is 27.2 Å². The summed E-state index contributed by atoms with van der Waals surface area (Å²) < 4.78 is 5.97. The molecule has 19 heavy (non-hydrogen) atoms. The standard InChI is InChI=1S/C12H14BrClN2O3/c1-16(2)12(18)6-15-11(17)7-19-10-4-3-8(14)5-9(10)13/h3-5H,6-7H2,1-2H3,(H,15,17). The fourth-order valence-corrected chi connectivity index (χ4v) is 1.92. The van der Waals surface area contributed by atoms with Gasteiger partial charge in [0.1, 0.15) is 5.75 Å². The highest BCUT2D eigenvalue weighted by atomic mass is 79.9. The Bertz CT molecular complexity index is 480. The number of amides is 2. The second-order valence-corrected chi connectivity index (χ2v) is 5.22. The first kappa shape index (κ1) is 15.8. The van der Waals surface area contributed by atoms with Crippen LogP contribution < -0.4 is 10.1 Å². The average molecular weight is 350 g/mol. The molecule has 1 aromatic carbocycles. The molecule has 0 heterocycles. The fourth-order valence-electron chi connectivity index (χ4n) is 1.12. The topological polar surface area (TPSA) is 58.6 Å². The number of hydrogen-bond acceptors (Lipinski definition) is 3. The molecule has 0 spiro atoms. The van der Waals surface area contributed by atoms with Gasteiger partial charge in [-0.2, -0.15) is 0 Å². The van der Waals surface area contributed by atoms with Crippen LogP contribution in [0.25, 0.3) is 0 Å². The molecule has 5 nitrogen and oxygen atoms in total. The van der Waals surface area contributed by atoms with Crippen LogP contribution in [0.4, 0.5) is 0 Å². The van der Waals surface area contributed by atoms with E-state index in [-0.39, 0.29) is 25.0 Å². The zero-order chi connectivity index (χ0) is 14.4. The number of benzene rings is 1. The van der Waals surface area contributed by atoms with Crippen LogP contribution >= 0.6 is 27.5 Å². The van der Waals surface area contributed by atoms with Crippen molar-refractivity contribution in [3.8, 4) is 5.75 Å². The number of ether oxygens (including phenoxy) is 1. The Balaban J connectivity index is 2.40. The summed E-state index contributed by atoms with van der Waals surface area (Å²) in [5.74, 6) is -0.0310. The first-order valence-electron chi connectivity index (χ1n) is 5.45. The van der Waals surface area contributed by atoms with E-state index in [0.29, 0.717) is 15.2 Å². The summed E-state index contributed by atoms with van der Waals surface area (Å²) in [5.41, 5.74) is 0. The van der Waals surface area contributed by atoms with Gasteiger partial charge in [0, 0.05) is 19.1 Å². The maximum absolute atomic E-state index is 11.5. The molecule has 0 unspecified atom stereocenters. The lowest BCUT2D eigenvalue weighted by molar-refractivity contribution is -0.131. The van der Waals surface area contributed by atoms with E-state index in [2.05, 4.69) is 21.2 Å². The smallest absolute Gasteiger partial charge is 0.258 e. The molecule has 1 N–H and O–H groups in total. The predicted octanol–water partition coefficient (Wildman–Crippen LogP) is 1.69. The third-order valence-corrected chi connectivity index (χ3v) is 3.04. The molecule has 2 amide bonds. The summed E-state index contributed by atoms with van der Waals surface area (Å²) in [6.45, 7) is -0.210. The van der Waals surface area contributed by atoms with Gasteiger partial charge in [0.2, 0.25) is 5.91 Å². The molecule has 1 aromatic rings. The van der Waals surface area contributed by atoms with Crippen molar-refractivity contribution in [3.05, 3.63) is 27.7 Å². The normalized spacial score (nSPS) is 9.89. The van der Waals surface area contributed by atoms with Crippen LogP contribution in [-0.4, -0.2) is 44.0 Å². The van der Waals surface area contributed by atoms with Crippen molar-refractivity contribution < 1.29 is 14.3 Å². The Kier molecular flexibility index (Phi) is 6.11. The maximum atomic E-state index is 11.5. The summed E-state index contributed by atoms with van der Waals surface area (Å²) in [4.78, 5) is 24.1. The minimum absolute atomic E-state index is 0.0447. The van der Waals surface area contributed by atoms with E-state index in [1.54, 1.807) is 32.3 Å². The Morgan fingerprint density at radius 3 is 2.68 bits per heavy atom. The molecule has 0 aliphatic rings. The van der Waals surface area contributed by atoms with Gasteiger partial charge in [-0.15, -0.1) is 0 Å². The number of hydrogen-bond donors (Lipinski definition) is 1. The van der Waals surface area contributed by atoms with Crippen LogP contribution in [0.2, 0.25) is 5.02 Å². The Morgan fingerprint density at radius 1 is 1.42 bits per heavy atom. The quantitative estimate of drug-likeness (QED) is 0.880. The van der Waals surface area contributed by atoms with E-state index in [1.165, 1.54) is 4.90 Å². The van der Waals surface area contributed by atoms with Gasteiger partial charge in [-0.05, 0) is 34.1 Å². The van der Waals surface area contributed by atoms with Crippen molar-refractivity contribution >= 4 is 39.3 Å². The predicted molar refractivity (Wildman–Crippen MR) is 76.4 cm³/mol. The van der Waals surface area contributed by atoms with E-state index in [4.69, 9.17) is 16.3 Å². The first-order chi connectivity index (χ1) is 8.90. The lowest BCUT2D eigenvalue weighted by Gasteiger charge is -2.11. The van der Waals surface area contributed by atoms with Gasteiger partial charge in [0.05, 0.1) is 11.0 Å². The van der Waals surface area contributed by atoms with Gasteiger partial charge in [0.15, 0.2) is 6.61 Å². The molecule has 104 valence electrons. The van der Waals surface area contributed by atoms with E-state index in [0.717, 1.165) is 0 Å². The minimum atomic E-state index is -0.364. The highest BCUT2D eigenvalue weighted by molar-refractivity contribution is 9.10. The number of nitrogens with one attached hydrogen (secondary N) is 1. The SMILES string of the molecule is CN(C)C(=O)CNC(=O)COc1ccc(Cl)cc1Br. The number of halogens is 2. The molecule has 0 radical (unpaired) electrons. The van der Waals surface area contributed by atoms with Gasteiger partial charge in [-0.1, -0.05) is 11.6 Å². The van der Waals surface area contributed by atoms with Gasteiger partial charge < -0.3 is 15.0 Å². The fraction of sp³-hybridized carbons (Fsp3) is 0.333. The molecule has 0 aliphatic heterocycles. The second-order valence-electron chi connectivity index (χ2n) is 3.93. The Hall–Kier alpha value is -1.27. The zero-order valence-electron chi connectivity index (χ0n) is 10.6. The molecule has 1 rings (SSSR count). The van der Waals surface area contributed by atoms with Crippen LogP contribution in [0.5, 0.6) is 5.75 Å². The highest BCUT2D eigenvalue weighted by Gasteiger charge is 2.09. The third kappa shape index (κ3) is 5.48. The average Bonchev–Trinajstić information content (AvgIpc) is 2.34. The molecule has 0 bridgehead atoms. The lowest BCUT2D eigenvalue weighted by Crippen LogP contribution is -2.38. The summed E-state index contributed by atoms with van der Waals surface area (Å²) in [6, 6.07) is 4.99.